The van der Waals surface area contributed by atoms with E-state index in [9.17, 15) is 4.79 Å². The van der Waals surface area contributed by atoms with E-state index in [0.29, 0.717) is 11.6 Å². The third kappa shape index (κ3) is 1.94. The van der Waals surface area contributed by atoms with Gasteiger partial charge in [0.25, 0.3) is 0 Å². The zero-order valence-electron chi connectivity index (χ0n) is 10.6. The van der Waals surface area contributed by atoms with Crippen molar-refractivity contribution >= 4 is 39.1 Å². The first-order valence-electron chi connectivity index (χ1n) is 6.40. The molecule has 0 bridgehead atoms. The summed E-state index contributed by atoms with van der Waals surface area (Å²) in [4.78, 5) is 16.8. The highest BCUT2D eigenvalue weighted by Crippen LogP contribution is 2.47. The van der Waals surface area contributed by atoms with Crippen LogP contribution in [0.5, 0.6) is 0 Å². The summed E-state index contributed by atoms with van der Waals surface area (Å²) in [5.74, 6) is -0.142. The molecular formula is C14H14ClNO2S. The van der Waals surface area contributed by atoms with E-state index in [4.69, 9.17) is 16.3 Å². The Morgan fingerprint density at radius 2 is 2.32 bits per heavy atom. The summed E-state index contributed by atoms with van der Waals surface area (Å²) < 4.78 is 6.18. The number of fused-ring (bicyclic) bond motifs is 1. The van der Waals surface area contributed by atoms with E-state index in [1.165, 1.54) is 11.3 Å². The van der Waals surface area contributed by atoms with Crippen LogP contribution in [0.15, 0.2) is 18.2 Å². The van der Waals surface area contributed by atoms with E-state index in [2.05, 4.69) is 4.98 Å². The summed E-state index contributed by atoms with van der Waals surface area (Å²) >= 11 is 7.69. The largest absolute Gasteiger partial charge is 0.465 e. The van der Waals surface area contributed by atoms with Crippen LogP contribution in [-0.2, 0) is 14.9 Å². The number of nitrogens with zero attached hydrogens (tertiary/aromatic N) is 1. The number of hydrogen-bond acceptors (Lipinski definition) is 4. The maximum Gasteiger partial charge on any atom is 0.319 e. The second kappa shape index (κ2) is 4.76. The van der Waals surface area contributed by atoms with Crippen LogP contribution in [0.4, 0.5) is 0 Å². The van der Waals surface area contributed by atoms with E-state index in [0.717, 1.165) is 34.5 Å². The van der Waals surface area contributed by atoms with Crippen molar-refractivity contribution in [2.45, 2.75) is 31.6 Å². The average molecular weight is 296 g/mol. The van der Waals surface area contributed by atoms with Crippen molar-refractivity contribution in [3.8, 4) is 0 Å². The zero-order chi connectivity index (χ0) is 13.5. The van der Waals surface area contributed by atoms with E-state index in [1.54, 1.807) is 0 Å². The fourth-order valence-corrected chi connectivity index (χ4v) is 3.91. The smallest absolute Gasteiger partial charge is 0.319 e. The van der Waals surface area contributed by atoms with Crippen LogP contribution in [0.25, 0.3) is 10.2 Å². The lowest BCUT2D eigenvalue weighted by molar-refractivity contribution is -0.153. The van der Waals surface area contributed by atoms with Crippen LogP contribution in [0.1, 0.15) is 31.2 Å². The number of halogens is 1. The van der Waals surface area contributed by atoms with E-state index >= 15 is 0 Å². The molecule has 0 saturated heterocycles. The second-order valence-corrected chi connectivity index (χ2v) is 6.17. The van der Waals surface area contributed by atoms with Crippen molar-refractivity contribution in [2.24, 2.45) is 0 Å². The molecule has 0 spiro atoms. The number of benzene rings is 1. The second-order valence-electron chi connectivity index (χ2n) is 4.76. The Morgan fingerprint density at radius 3 is 2.89 bits per heavy atom. The Bertz CT molecular complexity index is 633. The van der Waals surface area contributed by atoms with Gasteiger partial charge in [-0.25, -0.2) is 4.98 Å². The minimum atomic E-state index is -0.525. The summed E-state index contributed by atoms with van der Waals surface area (Å²) in [5.41, 5.74) is 0.339. The van der Waals surface area contributed by atoms with Crippen molar-refractivity contribution in [1.82, 2.24) is 4.98 Å². The molecule has 19 heavy (non-hydrogen) atoms. The monoisotopic (exact) mass is 295 g/mol. The van der Waals surface area contributed by atoms with E-state index < -0.39 is 5.41 Å². The van der Waals surface area contributed by atoms with Gasteiger partial charge < -0.3 is 4.74 Å². The fourth-order valence-electron chi connectivity index (χ4n) is 2.42. The molecule has 0 atom stereocenters. The molecule has 3 nitrogen and oxygen atoms in total. The van der Waals surface area contributed by atoms with Crippen LogP contribution >= 0.6 is 22.9 Å². The van der Waals surface area contributed by atoms with Crippen molar-refractivity contribution in [3.63, 3.8) is 0 Å². The molecule has 1 heterocycles. The summed E-state index contributed by atoms with van der Waals surface area (Å²) in [6, 6.07) is 5.66. The molecule has 0 amide bonds. The highest BCUT2D eigenvalue weighted by molar-refractivity contribution is 7.19. The van der Waals surface area contributed by atoms with Crippen molar-refractivity contribution in [1.29, 1.82) is 0 Å². The number of aromatic nitrogens is 1. The van der Waals surface area contributed by atoms with Gasteiger partial charge >= 0.3 is 5.97 Å². The van der Waals surface area contributed by atoms with Gasteiger partial charge in [0.1, 0.15) is 10.4 Å². The Balaban J connectivity index is 2.07. The lowest BCUT2D eigenvalue weighted by Gasteiger charge is -2.37. The number of ether oxygens (including phenoxy) is 1. The SMILES string of the molecule is CCOC(=O)C1(c2nc3cccc(Cl)c3s2)CCC1. The average Bonchev–Trinajstić information content (AvgIpc) is 2.73. The summed E-state index contributed by atoms with van der Waals surface area (Å²) in [6.45, 7) is 2.24. The van der Waals surface area contributed by atoms with Gasteiger partial charge in [0, 0.05) is 0 Å². The Labute approximate surface area is 120 Å². The molecule has 1 saturated carbocycles. The highest BCUT2D eigenvalue weighted by Gasteiger charge is 2.49. The molecule has 100 valence electrons. The molecule has 1 fully saturated rings. The third-order valence-corrected chi connectivity index (χ3v) is 5.39. The van der Waals surface area contributed by atoms with Crippen molar-refractivity contribution < 1.29 is 9.53 Å². The number of hydrogen-bond donors (Lipinski definition) is 0. The minimum Gasteiger partial charge on any atom is -0.465 e. The maximum atomic E-state index is 12.2. The van der Waals surface area contributed by atoms with Gasteiger partial charge in [0.15, 0.2) is 0 Å². The molecule has 5 heteroatoms. The molecule has 0 unspecified atom stereocenters. The summed E-state index contributed by atoms with van der Waals surface area (Å²) in [5, 5.41) is 1.54. The van der Waals surface area contributed by atoms with Gasteiger partial charge in [0.05, 0.1) is 21.8 Å². The minimum absolute atomic E-state index is 0.142. The van der Waals surface area contributed by atoms with Gasteiger partial charge in [-0.15, -0.1) is 11.3 Å². The van der Waals surface area contributed by atoms with Crippen molar-refractivity contribution in [2.75, 3.05) is 6.61 Å². The van der Waals surface area contributed by atoms with E-state index in [1.807, 2.05) is 25.1 Å². The number of thiazole rings is 1. The van der Waals surface area contributed by atoms with Gasteiger partial charge in [0.2, 0.25) is 0 Å². The lowest BCUT2D eigenvalue weighted by Crippen LogP contribution is -2.43. The van der Waals surface area contributed by atoms with Crippen LogP contribution in [-0.4, -0.2) is 17.6 Å². The van der Waals surface area contributed by atoms with Gasteiger partial charge in [-0.3, -0.25) is 4.79 Å². The summed E-state index contributed by atoms with van der Waals surface area (Å²) in [7, 11) is 0. The fraction of sp³-hybridized carbons (Fsp3) is 0.429. The molecule has 1 aliphatic rings. The molecule has 0 radical (unpaired) electrons. The van der Waals surface area contributed by atoms with E-state index in [-0.39, 0.29) is 5.97 Å². The quantitative estimate of drug-likeness (QED) is 0.805. The molecule has 1 aromatic heterocycles. The van der Waals surface area contributed by atoms with Crippen LogP contribution in [0, 0.1) is 0 Å². The first-order valence-corrected chi connectivity index (χ1v) is 7.59. The molecule has 2 aromatic rings. The molecule has 3 rings (SSSR count). The van der Waals surface area contributed by atoms with Crippen LogP contribution < -0.4 is 0 Å². The normalized spacial score (nSPS) is 17.2. The molecule has 0 aliphatic heterocycles. The molecule has 1 aromatic carbocycles. The number of esters is 1. The Kier molecular flexibility index (Phi) is 3.23. The van der Waals surface area contributed by atoms with Gasteiger partial charge in [-0.1, -0.05) is 24.1 Å². The first kappa shape index (κ1) is 12.9. The molecule has 1 aliphatic carbocycles. The van der Waals surface area contributed by atoms with Crippen LogP contribution in [0.3, 0.4) is 0 Å². The van der Waals surface area contributed by atoms with Crippen LogP contribution in [0.2, 0.25) is 5.02 Å². The van der Waals surface area contributed by atoms with Gasteiger partial charge in [-0.2, -0.15) is 0 Å². The Hall–Kier alpha value is -1.13. The molecule has 0 N–H and O–H groups in total. The predicted octanol–water partition coefficient (Wildman–Crippen LogP) is 3.93. The molecular weight excluding hydrogens is 282 g/mol. The van der Waals surface area contributed by atoms with Gasteiger partial charge in [-0.05, 0) is 31.9 Å². The number of carbonyl (C=O) groups excluding carboxylic acids is 1. The first-order chi connectivity index (χ1) is 9.17. The van der Waals surface area contributed by atoms with Crippen molar-refractivity contribution in [3.05, 3.63) is 28.2 Å². The Morgan fingerprint density at radius 1 is 1.53 bits per heavy atom. The summed E-state index contributed by atoms with van der Waals surface area (Å²) in [6.07, 6.45) is 2.69. The zero-order valence-corrected chi connectivity index (χ0v) is 12.2. The highest BCUT2D eigenvalue weighted by atomic mass is 35.5. The number of rotatable bonds is 3. The standard InChI is InChI=1S/C14H14ClNO2S/c1-2-18-13(17)14(7-4-8-14)12-16-10-6-3-5-9(15)11(10)19-12/h3,5-6H,2,4,7-8H2,1H3. The number of carbonyl (C=O) groups is 1. The lowest BCUT2D eigenvalue weighted by atomic mass is 9.69. The predicted molar refractivity (Wildman–Crippen MR) is 76.8 cm³/mol. The maximum absolute atomic E-state index is 12.2. The topological polar surface area (TPSA) is 39.2 Å². The third-order valence-electron chi connectivity index (χ3n) is 3.65.